The van der Waals surface area contributed by atoms with Gasteiger partial charge in [0.15, 0.2) is 0 Å². The number of aliphatic hydroxyl groups is 2. The molecule has 0 radical (unpaired) electrons. The fourth-order valence-electron chi connectivity index (χ4n) is 7.70. The summed E-state index contributed by atoms with van der Waals surface area (Å²) < 4.78 is 0. The lowest BCUT2D eigenvalue weighted by molar-refractivity contribution is -0.195. The van der Waals surface area contributed by atoms with E-state index in [2.05, 4.69) is 20.8 Å². The lowest BCUT2D eigenvalue weighted by atomic mass is 9.44. The molecule has 4 unspecified atom stereocenters. The van der Waals surface area contributed by atoms with Gasteiger partial charge in [-0.1, -0.05) is 27.2 Å². The number of hydrogen-bond acceptors (Lipinski definition) is 2. The van der Waals surface area contributed by atoms with Gasteiger partial charge >= 0.3 is 0 Å². The number of rotatable bonds is 0. The number of hydrogen-bond donors (Lipinski definition) is 2. The molecule has 0 aliphatic heterocycles. The fourth-order valence-corrected chi connectivity index (χ4v) is 7.70. The van der Waals surface area contributed by atoms with Gasteiger partial charge in [0.25, 0.3) is 0 Å². The Labute approximate surface area is 135 Å². The predicted molar refractivity (Wildman–Crippen MR) is 88.3 cm³/mol. The van der Waals surface area contributed by atoms with E-state index < -0.39 is 0 Å². The van der Waals surface area contributed by atoms with Crippen molar-refractivity contribution in [2.45, 2.75) is 84.3 Å². The lowest BCUT2D eigenvalue weighted by Crippen LogP contribution is -2.61. The molecule has 0 bridgehead atoms. The average molecular weight is 306 g/mol. The van der Waals surface area contributed by atoms with Crippen LogP contribution in [0.3, 0.4) is 0 Å². The predicted octanol–water partition coefficient (Wildman–Crippen LogP) is 4.00. The quantitative estimate of drug-likeness (QED) is 0.710. The van der Waals surface area contributed by atoms with E-state index >= 15 is 0 Å². The minimum absolute atomic E-state index is 0.0648. The summed E-state index contributed by atoms with van der Waals surface area (Å²) in [6.07, 6.45) is 9.19. The molecule has 4 saturated carbocycles. The molecule has 0 saturated heterocycles. The highest BCUT2D eigenvalue weighted by Gasteiger charge is 2.62. The number of aliphatic hydroxyl groups excluding tert-OH is 2. The van der Waals surface area contributed by atoms with E-state index in [0.29, 0.717) is 29.1 Å². The third-order valence-corrected chi connectivity index (χ3v) is 8.72. The van der Waals surface area contributed by atoms with Crippen molar-refractivity contribution in [3.8, 4) is 0 Å². The molecule has 0 heterocycles. The van der Waals surface area contributed by atoms with E-state index in [-0.39, 0.29) is 17.6 Å². The maximum absolute atomic E-state index is 11.0. The van der Waals surface area contributed by atoms with Crippen LogP contribution in [0.15, 0.2) is 0 Å². The van der Waals surface area contributed by atoms with Gasteiger partial charge in [0.1, 0.15) is 0 Å². The zero-order valence-electron chi connectivity index (χ0n) is 14.6. The smallest absolute Gasteiger partial charge is 0.0599 e. The zero-order valence-corrected chi connectivity index (χ0v) is 14.6. The van der Waals surface area contributed by atoms with Crippen LogP contribution in [0, 0.1) is 40.4 Å². The molecule has 4 rings (SSSR count). The van der Waals surface area contributed by atoms with E-state index in [1.165, 1.54) is 32.1 Å². The van der Waals surface area contributed by atoms with Crippen molar-refractivity contribution >= 4 is 0 Å². The molecule has 0 aromatic rings. The topological polar surface area (TPSA) is 40.5 Å². The van der Waals surface area contributed by atoms with Gasteiger partial charge in [0, 0.05) is 0 Å². The highest BCUT2D eigenvalue weighted by molar-refractivity contribution is 5.11. The molecule has 0 aromatic heterocycles. The zero-order chi connectivity index (χ0) is 15.7. The number of fused-ring (bicyclic) bond motifs is 5. The van der Waals surface area contributed by atoms with Crippen LogP contribution in [-0.4, -0.2) is 22.4 Å². The summed E-state index contributed by atoms with van der Waals surface area (Å²) in [6, 6.07) is 0. The third kappa shape index (κ3) is 1.92. The van der Waals surface area contributed by atoms with Crippen LogP contribution >= 0.6 is 0 Å². The molecule has 4 aliphatic rings. The van der Waals surface area contributed by atoms with Crippen molar-refractivity contribution in [3.05, 3.63) is 0 Å². The third-order valence-electron chi connectivity index (χ3n) is 8.72. The first kappa shape index (κ1) is 15.4. The SMILES string of the molecule is CC1C[C@H]2[C@@H]3C(O)CC4CCCC(O)[C@]4(C)[C@@H]3CC[C@]2(C)C1. The van der Waals surface area contributed by atoms with E-state index in [1.807, 2.05) is 0 Å². The summed E-state index contributed by atoms with van der Waals surface area (Å²) in [7, 11) is 0. The van der Waals surface area contributed by atoms with Crippen LogP contribution in [0.4, 0.5) is 0 Å². The standard InChI is InChI=1S/C20H34O2/c1-12-9-15-18-14(7-8-19(15,2)11-12)20(3)13(10-16(18)21)5-4-6-17(20)22/h12-18,21-22H,4-11H2,1-3H3/t12?,13?,14-,15+,16?,17?,18-,19-,20+/m1/s1. The molecular formula is C20H34O2. The van der Waals surface area contributed by atoms with Crippen molar-refractivity contribution in [2.75, 3.05) is 0 Å². The monoisotopic (exact) mass is 306 g/mol. The summed E-state index contributed by atoms with van der Waals surface area (Å²) in [4.78, 5) is 0. The average Bonchev–Trinajstić information content (AvgIpc) is 2.76. The van der Waals surface area contributed by atoms with Gasteiger partial charge < -0.3 is 10.2 Å². The van der Waals surface area contributed by atoms with Gasteiger partial charge in [-0.25, -0.2) is 0 Å². The lowest BCUT2D eigenvalue weighted by Gasteiger charge is -2.62. The van der Waals surface area contributed by atoms with Crippen molar-refractivity contribution < 1.29 is 10.2 Å². The second-order valence-electron chi connectivity index (χ2n) is 9.84. The van der Waals surface area contributed by atoms with Crippen LogP contribution in [0.2, 0.25) is 0 Å². The van der Waals surface area contributed by atoms with Gasteiger partial charge in [0.2, 0.25) is 0 Å². The van der Waals surface area contributed by atoms with Crippen LogP contribution in [0.5, 0.6) is 0 Å². The van der Waals surface area contributed by atoms with Crippen molar-refractivity contribution in [1.82, 2.24) is 0 Å². The molecular weight excluding hydrogens is 272 g/mol. The fraction of sp³-hybridized carbons (Fsp3) is 1.00. The van der Waals surface area contributed by atoms with Gasteiger partial charge in [-0.05, 0) is 85.4 Å². The maximum atomic E-state index is 11.0. The Morgan fingerprint density at radius 3 is 2.50 bits per heavy atom. The maximum Gasteiger partial charge on any atom is 0.0599 e. The Morgan fingerprint density at radius 1 is 0.955 bits per heavy atom. The van der Waals surface area contributed by atoms with Gasteiger partial charge in [-0.2, -0.15) is 0 Å². The summed E-state index contributed by atoms with van der Waals surface area (Å²) in [5.41, 5.74) is 0.514. The molecule has 0 aromatic carbocycles. The molecule has 0 spiro atoms. The Morgan fingerprint density at radius 2 is 1.73 bits per heavy atom. The van der Waals surface area contributed by atoms with E-state index in [0.717, 1.165) is 25.2 Å². The Bertz CT molecular complexity index is 449. The van der Waals surface area contributed by atoms with Crippen molar-refractivity contribution in [3.63, 3.8) is 0 Å². The van der Waals surface area contributed by atoms with E-state index in [4.69, 9.17) is 0 Å². The van der Waals surface area contributed by atoms with Crippen LogP contribution in [0.25, 0.3) is 0 Å². The molecule has 4 aliphatic carbocycles. The first-order valence-corrected chi connectivity index (χ1v) is 9.72. The highest BCUT2D eigenvalue weighted by Crippen LogP contribution is 2.66. The van der Waals surface area contributed by atoms with Crippen LogP contribution in [0.1, 0.15) is 72.1 Å². The van der Waals surface area contributed by atoms with Crippen molar-refractivity contribution in [2.24, 2.45) is 40.4 Å². The largest absolute Gasteiger partial charge is 0.393 e. The Balaban J connectivity index is 1.71. The summed E-state index contributed by atoms with van der Waals surface area (Å²) in [6.45, 7) is 7.25. The van der Waals surface area contributed by atoms with Crippen molar-refractivity contribution in [1.29, 1.82) is 0 Å². The molecule has 2 nitrogen and oxygen atoms in total. The molecule has 0 amide bonds. The summed E-state index contributed by atoms with van der Waals surface area (Å²) in [5, 5.41) is 21.9. The summed E-state index contributed by atoms with van der Waals surface area (Å²) >= 11 is 0. The van der Waals surface area contributed by atoms with E-state index in [9.17, 15) is 10.2 Å². The molecule has 2 N–H and O–H groups in total. The molecule has 2 heteroatoms. The molecule has 22 heavy (non-hydrogen) atoms. The summed E-state index contributed by atoms with van der Waals surface area (Å²) in [5.74, 6) is 3.01. The Kier molecular flexibility index (Phi) is 3.48. The van der Waals surface area contributed by atoms with Gasteiger partial charge in [-0.3, -0.25) is 0 Å². The molecule has 126 valence electrons. The Hall–Kier alpha value is -0.0800. The highest BCUT2D eigenvalue weighted by atomic mass is 16.3. The normalized spacial score (nSPS) is 61.2. The first-order valence-electron chi connectivity index (χ1n) is 9.72. The van der Waals surface area contributed by atoms with Crippen LogP contribution in [-0.2, 0) is 0 Å². The van der Waals surface area contributed by atoms with Gasteiger partial charge in [-0.15, -0.1) is 0 Å². The first-order chi connectivity index (χ1) is 10.4. The second-order valence-corrected chi connectivity index (χ2v) is 9.84. The minimum atomic E-state index is -0.144. The molecule has 4 fully saturated rings. The molecule has 9 atom stereocenters. The van der Waals surface area contributed by atoms with E-state index in [1.54, 1.807) is 0 Å². The minimum Gasteiger partial charge on any atom is -0.393 e. The second kappa shape index (κ2) is 4.96. The van der Waals surface area contributed by atoms with Crippen LogP contribution < -0.4 is 0 Å². The van der Waals surface area contributed by atoms with Gasteiger partial charge in [0.05, 0.1) is 12.2 Å².